The maximum atomic E-state index is 10.9. The molecule has 0 amide bonds. The fraction of sp³-hybridized carbons (Fsp3) is 0.500. The van der Waals surface area contributed by atoms with Crippen molar-refractivity contribution >= 4 is 23.3 Å². The summed E-state index contributed by atoms with van der Waals surface area (Å²) in [4.78, 5) is 14.4. The number of nitro groups is 1. The van der Waals surface area contributed by atoms with Crippen LogP contribution in [-0.4, -0.2) is 26.7 Å². The maximum absolute atomic E-state index is 10.9. The van der Waals surface area contributed by atoms with Crippen LogP contribution in [0.5, 0.6) is 0 Å². The van der Waals surface area contributed by atoms with Crippen molar-refractivity contribution in [3.63, 3.8) is 0 Å². The molecule has 1 fully saturated rings. The van der Waals surface area contributed by atoms with Gasteiger partial charge in [0.05, 0.1) is 9.95 Å². The van der Waals surface area contributed by atoms with E-state index in [0.29, 0.717) is 10.9 Å². The summed E-state index contributed by atoms with van der Waals surface area (Å²) in [7, 11) is 0. The fourth-order valence-electron chi connectivity index (χ4n) is 2.28. The van der Waals surface area contributed by atoms with Crippen molar-refractivity contribution in [1.29, 1.82) is 0 Å². The van der Waals surface area contributed by atoms with Crippen LogP contribution < -0.4 is 5.73 Å². The van der Waals surface area contributed by atoms with Gasteiger partial charge in [0.25, 0.3) is 5.69 Å². The third-order valence-electron chi connectivity index (χ3n) is 3.34. The van der Waals surface area contributed by atoms with Crippen LogP contribution in [0.2, 0.25) is 0 Å². The molecule has 7 nitrogen and oxygen atoms in total. The van der Waals surface area contributed by atoms with Crippen molar-refractivity contribution in [3.05, 3.63) is 27.9 Å². The number of oxime groups is 1. The third kappa shape index (κ3) is 3.38. The Kier molecular flexibility index (Phi) is 4.78. The highest BCUT2D eigenvalue weighted by Gasteiger charge is 2.21. The van der Waals surface area contributed by atoms with Crippen LogP contribution in [0.25, 0.3) is 0 Å². The molecule has 0 radical (unpaired) electrons. The monoisotopic (exact) mass is 296 g/mol. The summed E-state index contributed by atoms with van der Waals surface area (Å²) in [6.07, 6.45) is 5.00. The summed E-state index contributed by atoms with van der Waals surface area (Å²) < 4.78 is 0. The van der Waals surface area contributed by atoms with Crippen molar-refractivity contribution in [1.82, 2.24) is 4.98 Å². The number of aromatic nitrogens is 1. The first-order chi connectivity index (χ1) is 9.61. The molecule has 0 spiro atoms. The lowest BCUT2D eigenvalue weighted by Crippen LogP contribution is -2.17. The van der Waals surface area contributed by atoms with Crippen LogP contribution in [0.1, 0.15) is 31.4 Å². The summed E-state index contributed by atoms with van der Waals surface area (Å²) in [5.41, 5.74) is 5.10. The zero-order valence-corrected chi connectivity index (χ0v) is 11.7. The molecule has 8 heteroatoms. The van der Waals surface area contributed by atoms with Gasteiger partial charge >= 0.3 is 0 Å². The molecule has 20 heavy (non-hydrogen) atoms. The Labute approximate surface area is 120 Å². The van der Waals surface area contributed by atoms with Crippen molar-refractivity contribution in [2.75, 3.05) is 5.75 Å². The number of nitrogens with zero attached hydrogens (tertiary/aromatic N) is 3. The largest absolute Gasteiger partial charge is 0.409 e. The predicted molar refractivity (Wildman–Crippen MR) is 76.1 cm³/mol. The van der Waals surface area contributed by atoms with Crippen molar-refractivity contribution < 1.29 is 10.1 Å². The molecular formula is C12H16N4O3S. The molecule has 1 aromatic heterocycles. The first-order valence-electron chi connectivity index (χ1n) is 6.38. The van der Waals surface area contributed by atoms with Gasteiger partial charge in [-0.05, 0) is 24.8 Å². The van der Waals surface area contributed by atoms with E-state index < -0.39 is 4.92 Å². The summed E-state index contributed by atoms with van der Waals surface area (Å²) >= 11 is 1.55. The van der Waals surface area contributed by atoms with Crippen LogP contribution in [-0.2, 0) is 0 Å². The van der Waals surface area contributed by atoms with E-state index in [1.54, 1.807) is 17.8 Å². The Balaban J connectivity index is 2.16. The summed E-state index contributed by atoms with van der Waals surface area (Å²) in [5.74, 6) is 1.28. The molecule has 0 aromatic carbocycles. The van der Waals surface area contributed by atoms with Gasteiger partial charge in [-0.2, -0.15) is 0 Å². The molecule has 1 heterocycles. The average Bonchev–Trinajstić information content (AvgIpc) is 2.97. The van der Waals surface area contributed by atoms with Crippen LogP contribution in [0.3, 0.4) is 0 Å². The van der Waals surface area contributed by atoms with Crippen LogP contribution in [0.15, 0.2) is 22.3 Å². The van der Waals surface area contributed by atoms with Gasteiger partial charge in [-0.1, -0.05) is 18.0 Å². The second-order valence-electron chi connectivity index (χ2n) is 4.72. The molecule has 1 aliphatic rings. The number of nitrogens with two attached hydrogens (primary N) is 1. The van der Waals surface area contributed by atoms with Gasteiger partial charge in [-0.25, -0.2) is 4.98 Å². The lowest BCUT2D eigenvalue weighted by atomic mass is 10.1. The SMILES string of the molecule is N/C(=N/O)c1nc(SCC2CCCC2)ccc1[N+](=O)[O-]. The van der Waals surface area contributed by atoms with Gasteiger partial charge in [0.1, 0.15) is 0 Å². The second-order valence-corrected chi connectivity index (χ2v) is 5.76. The molecule has 3 N–H and O–H groups in total. The van der Waals surface area contributed by atoms with Gasteiger partial charge in [0.15, 0.2) is 11.5 Å². The highest BCUT2D eigenvalue weighted by molar-refractivity contribution is 7.99. The molecule has 1 saturated carbocycles. The maximum Gasteiger partial charge on any atom is 0.298 e. The Morgan fingerprint density at radius 3 is 2.85 bits per heavy atom. The number of pyridine rings is 1. The quantitative estimate of drug-likeness (QED) is 0.215. The van der Waals surface area contributed by atoms with E-state index in [9.17, 15) is 10.1 Å². The lowest BCUT2D eigenvalue weighted by molar-refractivity contribution is -0.385. The Morgan fingerprint density at radius 2 is 2.25 bits per heavy atom. The molecule has 1 aliphatic carbocycles. The van der Waals surface area contributed by atoms with E-state index in [-0.39, 0.29) is 17.2 Å². The van der Waals surface area contributed by atoms with Gasteiger partial charge < -0.3 is 10.9 Å². The van der Waals surface area contributed by atoms with Crippen molar-refractivity contribution in [2.24, 2.45) is 16.8 Å². The van der Waals surface area contributed by atoms with Gasteiger partial charge in [0.2, 0.25) is 0 Å². The Hall–Kier alpha value is -1.83. The van der Waals surface area contributed by atoms with E-state index in [2.05, 4.69) is 10.1 Å². The average molecular weight is 296 g/mol. The summed E-state index contributed by atoms with van der Waals surface area (Å²) in [6, 6.07) is 2.95. The third-order valence-corrected chi connectivity index (χ3v) is 4.50. The van der Waals surface area contributed by atoms with Gasteiger partial charge in [-0.3, -0.25) is 10.1 Å². The van der Waals surface area contributed by atoms with Crippen LogP contribution in [0, 0.1) is 16.0 Å². The normalized spacial score (nSPS) is 16.5. The standard InChI is InChI=1S/C12H16N4O3S/c13-12(15-17)11-9(16(18)19)5-6-10(14-11)20-7-8-3-1-2-4-8/h5-6,8,17H,1-4,7H2,(H2,13,15). The van der Waals surface area contributed by atoms with Crippen LogP contribution in [0.4, 0.5) is 5.69 Å². The molecule has 2 rings (SSSR count). The predicted octanol–water partition coefficient (Wildman–Crippen LogP) is 2.37. The smallest absolute Gasteiger partial charge is 0.298 e. The molecule has 0 bridgehead atoms. The highest BCUT2D eigenvalue weighted by atomic mass is 32.2. The van der Waals surface area contributed by atoms with E-state index in [0.717, 1.165) is 5.75 Å². The van der Waals surface area contributed by atoms with Crippen LogP contribution >= 0.6 is 11.8 Å². The van der Waals surface area contributed by atoms with E-state index in [1.807, 2.05) is 0 Å². The van der Waals surface area contributed by atoms with E-state index >= 15 is 0 Å². The van der Waals surface area contributed by atoms with E-state index in [1.165, 1.54) is 31.7 Å². The first-order valence-corrected chi connectivity index (χ1v) is 7.36. The van der Waals surface area contributed by atoms with Crippen molar-refractivity contribution in [3.8, 4) is 0 Å². The highest BCUT2D eigenvalue weighted by Crippen LogP contribution is 2.31. The minimum absolute atomic E-state index is 0.0890. The van der Waals surface area contributed by atoms with Gasteiger partial charge in [0, 0.05) is 11.8 Å². The Bertz CT molecular complexity index is 529. The summed E-state index contributed by atoms with van der Waals surface area (Å²) in [6.45, 7) is 0. The lowest BCUT2D eigenvalue weighted by Gasteiger charge is -2.08. The zero-order valence-electron chi connectivity index (χ0n) is 10.9. The minimum Gasteiger partial charge on any atom is -0.409 e. The van der Waals surface area contributed by atoms with Gasteiger partial charge in [-0.15, -0.1) is 11.8 Å². The number of thioether (sulfide) groups is 1. The molecule has 108 valence electrons. The number of rotatable bonds is 5. The molecule has 0 aliphatic heterocycles. The molecule has 0 atom stereocenters. The minimum atomic E-state index is -0.591. The fourth-order valence-corrected chi connectivity index (χ4v) is 3.34. The topological polar surface area (TPSA) is 115 Å². The molecule has 1 aromatic rings. The first kappa shape index (κ1) is 14.6. The number of hydrogen-bond acceptors (Lipinski definition) is 6. The molecular weight excluding hydrogens is 280 g/mol. The number of amidine groups is 1. The second kappa shape index (κ2) is 6.56. The van der Waals surface area contributed by atoms with Crippen molar-refractivity contribution in [2.45, 2.75) is 30.7 Å². The number of hydrogen-bond donors (Lipinski definition) is 2. The molecule has 0 unspecified atom stereocenters. The Morgan fingerprint density at radius 1 is 1.55 bits per heavy atom. The molecule has 0 saturated heterocycles. The van der Waals surface area contributed by atoms with E-state index in [4.69, 9.17) is 10.9 Å². The zero-order chi connectivity index (χ0) is 14.5. The summed E-state index contributed by atoms with van der Waals surface area (Å²) in [5, 5.41) is 23.0.